The van der Waals surface area contributed by atoms with Gasteiger partial charge in [-0.3, -0.25) is 0 Å². The fourth-order valence-corrected chi connectivity index (χ4v) is 0.408. The Morgan fingerprint density at radius 3 is 0.667 bits per heavy atom. The van der Waals surface area contributed by atoms with E-state index < -0.39 is 0 Å². The monoisotopic (exact) mass is 439 g/mol. The zero-order valence-electron chi connectivity index (χ0n) is 22.3. The number of hydrogen-bond acceptors (Lipinski definition) is 0. The van der Waals surface area contributed by atoms with Crippen LogP contribution >= 0.6 is 0 Å². The van der Waals surface area contributed by atoms with Gasteiger partial charge in [-0.1, -0.05) is 172 Å². The molecule has 0 nitrogen and oxygen atoms in total. The average Bonchev–Trinajstić information content (AvgIpc) is 2.47. The van der Waals surface area contributed by atoms with Gasteiger partial charge in [-0.15, -0.1) is 0 Å². The predicted octanol–water partition coefficient (Wildman–Crippen LogP) is 13.4. The van der Waals surface area contributed by atoms with E-state index in [0.717, 1.165) is 24.2 Å². The van der Waals surface area contributed by atoms with Gasteiger partial charge in [0.1, 0.15) is 0 Å². The van der Waals surface area contributed by atoms with Crippen LogP contribution in [0.15, 0.2) is 12.2 Å². The molecule has 0 bridgehead atoms. The minimum atomic E-state index is 0. The molecule has 0 aromatic heterocycles. The molecule has 0 amide bonds. The summed E-state index contributed by atoms with van der Waals surface area (Å²) in [6.45, 7) is 38.5. The van der Waals surface area contributed by atoms with Crippen LogP contribution in [0.4, 0.5) is 0 Å². The zero-order chi connectivity index (χ0) is 22.7. The molecule has 0 spiro atoms. The van der Waals surface area contributed by atoms with Crippen molar-refractivity contribution in [2.75, 3.05) is 0 Å². The highest BCUT2D eigenvalue weighted by Gasteiger charge is 1.93. The van der Waals surface area contributed by atoms with Crippen molar-refractivity contribution in [2.45, 2.75) is 166 Å². The van der Waals surface area contributed by atoms with Crippen LogP contribution in [0, 0.1) is 23.7 Å². The molecule has 0 fully saturated rings. The molecule has 0 heteroatoms. The molecule has 0 unspecified atom stereocenters. The summed E-state index contributed by atoms with van der Waals surface area (Å²) < 4.78 is 0. The maximum atomic E-state index is 3.87. The molecule has 198 valence electrons. The van der Waals surface area contributed by atoms with Crippen LogP contribution in [0.3, 0.4) is 0 Å². The molecule has 0 rings (SSSR count). The Balaban J connectivity index is -0.0000000200. The molecule has 30 heavy (non-hydrogen) atoms. The first-order chi connectivity index (χ1) is 11.7. The van der Waals surface area contributed by atoms with Crippen molar-refractivity contribution in [1.29, 1.82) is 0 Å². The molecule has 0 saturated heterocycles. The summed E-state index contributed by atoms with van der Waals surface area (Å²) in [5.74, 6) is 3.22. The second kappa shape index (κ2) is 63.0. The maximum Gasteiger partial charge on any atom is -0.0263 e. The van der Waals surface area contributed by atoms with Crippen molar-refractivity contribution in [3.05, 3.63) is 12.2 Å². The smallest absolute Gasteiger partial charge is 0.0263 e. The van der Waals surface area contributed by atoms with E-state index >= 15 is 0 Å². The molecule has 0 aliphatic heterocycles. The van der Waals surface area contributed by atoms with Crippen LogP contribution in [0.2, 0.25) is 0 Å². The van der Waals surface area contributed by atoms with Crippen molar-refractivity contribution < 1.29 is 0 Å². The second-order valence-electron chi connectivity index (χ2n) is 8.85. The minimum Gasteiger partial charge on any atom is -0.0996 e. The van der Waals surface area contributed by atoms with E-state index in [1.807, 2.05) is 0 Å². The minimum absolute atomic E-state index is 0. The fourth-order valence-electron chi connectivity index (χ4n) is 0.408. The molecule has 0 aromatic rings. The number of allylic oxidation sites excluding steroid dienone is 1. The topological polar surface area (TPSA) is 0 Å². The Hall–Kier alpha value is -0.260. The Morgan fingerprint density at radius 1 is 0.533 bits per heavy atom. The van der Waals surface area contributed by atoms with Gasteiger partial charge < -0.3 is 0 Å². The van der Waals surface area contributed by atoms with Gasteiger partial charge in [0.25, 0.3) is 0 Å². The molecule has 0 aromatic carbocycles. The van der Waals surface area contributed by atoms with E-state index in [9.17, 15) is 0 Å². The van der Waals surface area contributed by atoms with Crippen LogP contribution in [0.1, 0.15) is 166 Å². The van der Waals surface area contributed by atoms with Crippen molar-refractivity contribution in [2.24, 2.45) is 23.7 Å². The van der Waals surface area contributed by atoms with Crippen LogP contribution in [0.25, 0.3) is 0 Å². The Labute approximate surface area is 202 Å². The van der Waals surface area contributed by atoms with Crippen LogP contribution < -0.4 is 0 Å². The van der Waals surface area contributed by atoms with Crippen LogP contribution in [-0.4, -0.2) is 0 Å². The molecular weight excluding hydrogens is 360 g/mol. The summed E-state index contributed by atoms with van der Waals surface area (Å²) in [6, 6.07) is 0. The first-order valence-electron chi connectivity index (χ1n) is 11.4. The standard InChI is InChI=1S/C7H14.C5H12.2C4H10.2C3H8.4CH4/c1-5-7(4)6(2)3;1-4-5(2)3;2*1-4(2)3;2*1-3-2;;;;/h6H,4-5H2,1-3H3;5H,4H2,1-3H3;2*4H,1-3H3;2*3H2,1-2H3;4*1H4. The molecule has 0 N–H and O–H groups in total. The first kappa shape index (κ1) is 63.0. The second-order valence-corrected chi connectivity index (χ2v) is 8.85. The Morgan fingerprint density at radius 2 is 0.667 bits per heavy atom. The molecular formula is C30H78. The third-order valence-electron chi connectivity index (χ3n) is 2.09. The molecule has 0 atom stereocenters. The lowest BCUT2D eigenvalue weighted by Crippen LogP contribution is -1.87. The van der Waals surface area contributed by atoms with Gasteiger partial charge in [-0.2, -0.15) is 0 Å². The zero-order valence-corrected chi connectivity index (χ0v) is 22.3. The van der Waals surface area contributed by atoms with E-state index in [0.29, 0.717) is 5.92 Å². The summed E-state index contributed by atoms with van der Waals surface area (Å²) in [5, 5.41) is 0. The highest BCUT2D eigenvalue weighted by molar-refractivity contribution is 4.95. The van der Waals surface area contributed by atoms with Gasteiger partial charge in [0.15, 0.2) is 0 Å². The lowest BCUT2D eigenvalue weighted by molar-refractivity contribution is 0.626. The molecule has 0 saturated carbocycles. The van der Waals surface area contributed by atoms with Gasteiger partial charge in [0.05, 0.1) is 0 Å². The normalized spacial score (nSPS) is 7.47. The highest BCUT2D eigenvalue weighted by Crippen LogP contribution is 2.08. The van der Waals surface area contributed by atoms with E-state index in [4.69, 9.17) is 0 Å². The van der Waals surface area contributed by atoms with Gasteiger partial charge >= 0.3 is 0 Å². The summed E-state index contributed by atoms with van der Waals surface area (Å²) in [6.07, 6.45) is 4.93. The lowest BCUT2D eigenvalue weighted by atomic mass is 10.0. The summed E-state index contributed by atoms with van der Waals surface area (Å²) in [5.41, 5.74) is 1.35. The van der Waals surface area contributed by atoms with E-state index in [1.165, 1.54) is 24.8 Å². The molecule has 0 heterocycles. The van der Waals surface area contributed by atoms with Gasteiger partial charge in [-0.05, 0) is 30.1 Å². The van der Waals surface area contributed by atoms with Crippen LogP contribution in [-0.2, 0) is 0 Å². The van der Waals surface area contributed by atoms with Gasteiger partial charge in [-0.25, -0.2) is 0 Å². The number of hydrogen-bond donors (Lipinski definition) is 0. The average molecular weight is 439 g/mol. The van der Waals surface area contributed by atoms with E-state index in [2.05, 4.69) is 117 Å². The lowest BCUT2D eigenvalue weighted by Gasteiger charge is -2.03. The number of rotatable bonds is 3. The Bertz CT molecular complexity index is 171. The third kappa shape index (κ3) is 331. The largest absolute Gasteiger partial charge is 0.0996 e. The maximum absolute atomic E-state index is 3.87. The highest BCUT2D eigenvalue weighted by atomic mass is 14.0. The van der Waals surface area contributed by atoms with Crippen molar-refractivity contribution in [1.82, 2.24) is 0 Å². The van der Waals surface area contributed by atoms with E-state index in [1.54, 1.807) is 0 Å². The van der Waals surface area contributed by atoms with Gasteiger partial charge in [0, 0.05) is 0 Å². The van der Waals surface area contributed by atoms with Crippen LogP contribution in [0.5, 0.6) is 0 Å². The summed E-state index contributed by atoms with van der Waals surface area (Å²) in [4.78, 5) is 0. The first-order valence-corrected chi connectivity index (χ1v) is 11.4. The van der Waals surface area contributed by atoms with Crippen molar-refractivity contribution >= 4 is 0 Å². The molecule has 0 aliphatic carbocycles. The summed E-state index contributed by atoms with van der Waals surface area (Å²) >= 11 is 0. The fraction of sp³-hybridized carbons (Fsp3) is 0.933. The summed E-state index contributed by atoms with van der Waals surface area (Å²) in [7, 11) is 0. The SMILES string of the molecule is C.C.C.C.C=C(CC)C(C)C.CC(C)C.CC(C)C.CCC.CCC.CCC(C)C. The van der Waals surface area contributed by atoms with Crippen molar-refractivity contribution in [3.8, 4) is 0 Å². The van der Waals surface area contributed by atoms with Crippen molar-refractivity contribution in [3.63, 3.8) is 0 Å². The quantitative estimate of drug-likeness (QED) is 0.384. The third-order valence-corrected chi connectivity index (χ3v) is 2.09. The molecule has 0 radical (unpaired) electrons. The van der Waals surface area contributed by atoms with Gasteiger partial charge in [0.2, 0.25) is 0 Å². The Kier molecular flexibility index (Phi) is 132. The molecule has 0 aliphatic rings. The predicted molar refractivity (Wildman–Crippen MR) is 159 cm³/mol. The van der Waals surface area contributed by atoms with E-state index in [-0.39, 0.29) is 29.7 Å².